The summed E-state index contributed by atoms with van der Waals surface area (Å²) in [5.41, 5.74) is -0.399. The van der Waals surface area contributed by atoms with Crippen LogP contribution in [0.1, 0.15) is 16.1 Å². The van der Waals surface area contributed by atoms with Crippen LogP contribution in [-0.4, -0.2) is 25.9 Å². The van der Waals surface area contributed by atoms with Gasteiger partial charge in [-0.3, -0.25) is 10.1 Å². The Labute approximate surface area is 141 Å². The molecule has 0 saturated heterocycles. The first-order valence-electron chi connectivity index (χ1n) is 6.35. The molecule has 0 radical (unpaired) electrons. The second-order valence-corrected chi connectivity index (χ2v) is 5.76. The normalized spacial score (nSPS) is 11.5. The summed E-state index contributed by atoms with van der Waals surface area (Å²) in [7, 11) is 0. The molecule has 2 heterocycles. The molecule has 1 amide bonds. The fourth-order valence-electron chi connectivity index (χ4n) is 1.98. The quantitative estimate of drug-likeness (QED) is 0.760. The fraction of sp³-hybridized carbons (Fsp3) is 0.0769. The number of nitrogens with one attached hydrogen (secondary N) is 1. The predicted molar refractivity (Wildman–Crippen MR) is 81.4 cm³/mol. The largest absolute Gasteiger partial charge is 0.434 e. The summed E-state index contributed by atoms with van der Waals surface area (Å²) < 4.78 is 41.0. The number of alkyl halides is 3. The second kappa shape index (κ2) is 6.21. The van der Waals surface area contributed by atoms with Crippen LogP contribution in [0.5, 0.6) is 0 Å². The van der Waals surface area contributed by atoms with Crippen LogP contribution in [0.2, 0.25) is 5.02 Å². The Hall–Kier alpha value is -2.46. The molecule has 0 aliphatic rings. The van der Waals surface area contributed by atoms with Gasteiger partial charge in [0.15, 0.2) is 5.69 Å². The maximum atomic E-state index is 13.5. The van der Waals surface area contributed by atoms with Gasteiger partial charge in [-0.25, -0.2) is 4.68 Å². The standard InChI is InChI=1S/C13H7ClF3N5OS/c14-7-2-1-3-8(4-7)22-10(13(15,16)17)9(5-19-22)11(23)20-12-21-18-6-24-12/h1-6H,(H,20,21,23). The van der Waals surface area contributed by atoms with Crippen LogP contribution in [-0.2, 0) is 6.18 Å². The summed E-state index contributed by atoms with van der Waals surface area (Å²) in [6, 6.07) is 5.72. The second-order valence-electron chi connectivity index (χ2n) is 4.49. The average Bonchev–Trinajstić information content (AvgIpc) is 3.15. The molecule has 0 aliphatic heterocycles. The van der Waals surface area contributed by atoms with E-state index in [4.69, 9.17) is 11.6 Å². The van der Waals surface area contributed by atoms with Crippen molar-refractivity contribution in [2.75, 3.05) is 5.32 Å². The summed E-state index contributed by atoms with van der Waals surface area (Å²) >= 11 is 6.79. The Morgan fingerprint density at radius 2 is 2.12 bits per heavy atom. The van der Waals surface area contributed by atoms with Crippen molar-refractivity contribution in [2.45, 2.75) is 6.18 Å². The van der Waals surface area contributed by atoms with Crippen molar-refractivity contribution >= 4 is 34.0 Å². The van der Waals surface area contributed by atoms with E-state index in [1.807, 2.05) is 0 Å². The van der Waals surface area contributed by atoms with Crippen LogP contribution in [0.3, 0.4) is 0 Å². The third kappa shape index (κ3) is 3.24. The average molecular weight is 374 g/mol. The van der Waals surface area contributed by atoms with E-state index < -0.39 is 23.3 Å². The third-order valence-corrected chi connectivity index (χ3v) is 3.76. The number of benzene rings is 1. The molecule has 3 rings (SSSR count). The Balaban J connectivity index is 2.06. The lowest BCUT2D eigenvalue weighted by Gasteiger charge is -2.12. The first-order chi connectivity index (χ1) is 11.4. The van der Waals surface area contributed by atoms with E-state index in [0.717, 1.165) is 17.5 Å². The number of carbonyl (C=O) groups is 1. The van der Waals surface area contributed by atoms with Crippen molar-refractivity contribution in [3.8, 4) is 5.69 Å². The summed E-state index contributed by atoms with van der Waals surface area (Å²) in [5, 5.41) is 13.3. The molecule has 0 saturated carbocycles. The highest BCUT2D eigenvalue weighted by Gasteiger charge is 2.40. The molecule has 0 unspecified atom stereocenters. The Bertz CT molecular complexity index is 878. The number of carbonyl (C=O) groups excluding carboxylic acids is 1. The number of nitrogens with zero attached hydrogens (tertiary/aromatic N) is 4. The Morgan fingerprint density at radius 1 is 1.33 bits per heavy atom. The Kier molecular flexibility index (Phi) is 4.24. The van der Waals surface area contributed by atoms with Crippen LogP contribution in [0.4, 0.5) is 18.3 Å². The highest BCUT2D eigenvalue weighted by molar-refractivity contribution is 7.13. The molecule has 2 aromatic heterocycles. The molecule has 0 atom stereocenters. The molecule has 3 aromatic rings. The van der Waals surface area contributed by atoms with Gasteiger partial charge in [0, 0.05) is 5.02 Å². The van der Waals surface area contributed by atoms with Gasteiger partial charge in [-0.2, -0.15) is 18.3 Å². The molecule has 0 spiro atoms. The van der Waals surface area contributed by atoms with Crippen LogP contribution in [0.15, 0.2) is 36.0 Å². The lowest BCUT2D eigenvalue weighted by molar-refractivity contribution is -0.143. The van der Waals surface area contributed by atoms with Crippen LogP contribution in [0, 0.1) is 0 Å². The number of hydrogen-bond acceptors (Lipinski definition) is 5. The number of amides is 1. The van der Waals surface area contributed by atoms with Crippen LogP contribution in [0.25, 0.3) is 5.69 Å². The van der Waals surface area contributed by atoms with Gasteiger partial charge in [0.2, 0.25) is 5.13 Å². The SMILES string of the molecule is O=C(Nc1nncs1)c1cnn(-c2cccc(Cl)c2)c1C(F)(F)F. The molecule has 124 valence electrons. The molecule has 0 fully saturated rings. The smallest absolute Gasteiger partial charge is 0.296 e. The van der Waals surface area contributed by atoms with E-state index in [1.165, 1.54) is 29.8 Å². The zero-order valence-corrected chi connectivity index (χ0v) is 13.2. The maximum Gasteiger partial charge on any atom is 0.434 e. The summed E-state index contributed by atoms with van der Waals surface area (Å²) in [5.74, 6) is -0.979. The zero-order valence-electron chi connectivity index (χ0n) is 11.6. The van der Waals surface area contributed by atoms with E-state index in [1.54, 1.807) is 0 Å². The summed E-state index contributed by atoms with van der Waals surface area (Å²) in [4.78, 5) is 12.1. The molecule has 1 N–H and O–H groups in total. The molecular weight excluding hydrogens is 367 g/mol. The minimum absolute atomic E-state index is 0.0867. The van der Waals surface area contributed by atoms with E-state index in [9.17, 15) is 18.0 Å². The molecule has 6 nitrogen and oxygen atoms in total. The number of hydrogen-bond donors (Lipinski definition) is 1. The lowest BCUT2D eigenvalue weighted by atomic mass is 10.2. The van der Waals surface area contributed by atoms with Gasteiger partial charge in [-0.05, 0) is 18.2 Å². The van der Waals surface area contributed by atoms with Gasteiger partial charge < -0.3 is 0 Å². The highest BCUT2D eigenvalue weighted by Crippen LogP contribution is 2.34. The zero-order chi connectivity index (χ0) is 17.3. The number of rotatable bonds is 3. The van der Waals surface area contributed by atoms with Crippen molar-refractivity contribution in [1.29, 1.82) is 0 Å². The van der Waals surface area contributed by atoms with Crippen molar-refractivity contribution in [2.24, 2.45) is 0 Å². The monoisotopic (exact) mass is 373 g/mol. The van der Waals surface area contributed by atoms with Gasteiger partial charge >= 0.3 is 6.18 Å². The maximum absolute atomic E-state index is 13.5. The van der Waals surface area contributed by atoms with Crippen molar-refractivity contribution in [3.63, 3.8) is 0 Å². The van der Waals surface area contributed by atoms with Gasteiger partial charge in [-0.15, -0.1) is 10.2 Å². The number of halogens is 4. The van der Waals surface area contributed by atoms with Crippen molar-refractivity contribution < 1.29 is 18.0 Å². The number of aromatic nitrogens is 4. The van der Waals surface area contributed by atoms with E-state index in [2.05, 4.69) is 20.6 Å². The minimum atomic E-state index is -4.80. The fourth-order valence-corrected chi connectivity index (χ4v) is 2.61. The number of anilines is 1. The third-order valence-electron chi connectivity index (χ3n) is 2.92. The van der Waals surface area contributed by atoms with Gasteiger partial charge in [0.1, 0.15) is 5.51 Å². The van der Waals surface area contributed by atoms with Gasteiger partial charge in [0.05, 0.1) is 17.4 Å². The van der Waals surface area contributed by atoms with Crippen molar-refractivity contribution in [3.05, 3.63) is 52.3 Å². The molecule has 11 heteroatoms. The highest BCUT2D eigenvalue weighted by atomic mass is 35.5. The first kappa shape index (κ1) is 16.4. The molecular formula is C13H7ClF3N5OS. The minimum Gasteiger partial charge on any atom is -0.296 e. The first-order valence-corrected chi connectivity index (χ1v) is 7.60. The van der Waals surface area contributed by atoms with E-state index >= 15 is 0 Å². The molecule has 0 aliphatic carbocycles. The Morgan fingerprint density at radius 3 is 2.75 bits per heavy atom. The van der Waals surface area contributed by atoms with Crippen LogP contribution >= 0.6 is 22.9 Å². The topological polar surface area (TPSA) is 72.7 Å². The van der Waals surface area contributed by atoms with Gasteiger partial charge in [0.25, 0.3) is 5.91 Å². The van der Waals surface area contributed by atoms with Gasteiger partial charge in [-0.1, -0.05) is 29.0 Å². The molecule has 24 heavy (non-hydrogen) atoms. The van der Waals surface area contributed by atoms with E-state index in [-0.39, 0.29) is 15.8 Å². The molecule has 0 bridgehead atoms. The summed E-state index contributed by atoms with van der Waals surface area (Å²) in [6.45, 7) is 0. The van der Waals surface area contributed by atoms with Crippen LogP contribution < -0.4 is 5.32 Å². The lowest BCUT2D eigenvalue weighted by Crippen LogP contribution is -2.20. The predicted octanol–water partition coefficient (Wildman–Crippen LogP) is 3.65. The molecule has 1 aromatic carbocycles. The van der Waals surface area contributed by atoms with Crippen molar-refractivity contribution in [1.82, 2.24) is 20.0 Å². The summed E-state index contributed by atoms with van der Waals surface area (Å²) in [6.07, 6.45) is -3.95. The van der Waals surface area contributed by atoms with E-state index in [0.29, 0.717) is 4.68 Å².